The van der Waals surface area contributed by atoms with Crippen molar-refractivity contribution in [3.63, 3.8) is 0 Å². The number of benzene rings is 3. The predicted octanol–water partition coefficient (Wildman–Crippen LogP) is 6.14. The number of hydrogen-bond acceptors (Lipinski definition) is 3. The Labute approximate surface area is 200 Å². The SMILES string of the molecule is Cc1cc(NC(=O)c2ccc(Cl)cc2)n(-c2nc3ccccc3n2Cc2cccc(Cl)c2)n1. The number of aromatic nitrogens is 4. The van der Waals surface area contributed by atoms with Crippen molar-refractivity contribution in [1.82, 2.24) is 19.3 Å². The Kier molecular flexibility index (Phi) is 5.62. The molecular weight excluding hydrogens is 457 g/mol. The molecule has 0 aliphatic heterocycles. The highest BCUT2D eigenvalue weighted by Gasteiger charge is 2.19. The molecule has 0 aliphatic rings. The quantitative estimate of drug-likeness (QED) is 0.332. The second kappa shape index (κ2) is 8.73. The lowest BCUT2D eigenvalue weighted by Gasteiger charge is -2.12. The number of carbonyl (C=O) groups excluding carboxylic acids is 1. The van der Waals surface area contributed by atoms with E-state index in [1.807, 2.05) is 61.5 Å². The highest BCUT2D eigenvalue weighted by atomic mass is 35.5. The number of para-hydroxylation sites is 2. The lowest BCUT2D eigenvalue weighted by molar-refractivity contribution is 0.102. The van der Waals surface area contributed by atoms with Gasteiger partial charge in [0, 0.05) is 21.7 Å². The van der Waals surface area contributed by atoms with Crippen molar-refractivity contribution in [1.29, 1.82) is 0 Å². The third kappa shape index (κ3) is 4.35. The molecule has 2 aromatic heterocycles. The summed E-state index contributed by atoms with van der Waals surface area (Å²) < 4.78 is 3.72. The van der Waals surface area contributed by atoms with E-state index in [4.69, 9.17) is 28.2 Å². The molecule has 0 unspecified atom stereocenters. The first-order valence-corrected chi connectivity index (χ1v) is 11.1. The number of halogens is 2. The fourth-order valence-corrected chi connectivity index (χ4v) is 4.07. The Balaban J connectivity index is 1.58. The van der Waals surface area contributed by atoms with Crippen molar-refractivity contribution >= 4 is 46.0 Å². The van der Waals surface area contributed by atoms with Gasteiger partial charge in [0.25, 0.3) is 5.91 Å². The molecule has 5 rings (SSSR count). The van der Waals surface area contributed by atoms with Crippen LogP contribution < -0.4 is 5.32 Å². The van der Waals surface area contributed by atoms with E-state index >= 15 is 0 Å². The second-order valence-corrected chi connectivity index (χ2v) is 8.53. The molecule has 0 atom stereocenters. The van der Waals surface area contributed by atoms with Gasteiger partial charge >= 0.3 is 0 Å². The maximum atomic E-state index is 12.9. The van der Waals surface area contributed by atoms with Gasteiger partial charge in [-0.3, -0.25) is 4.79 Å². The number of imidazole rings is 1. The molecule has 0 aliphatic carbocycles. The average molecular weight is 476 g/mol. The topological polar surface area (TPSA) is 64.7 Å². The van der Waals surface area contributed by atoms with Crippen molar-refractivity contribution in [3.05, 3.63) is 106 Å². The molecule has 33 heavy (non-hydrogen) atoms. The van der Waals surface area contributed by atoms with Crippen LogP contribution in [0.25, 0.3) is 17.0 Å². The summed E-state index contributed by atoms with van der Waals surface area (Å²) in [5, 5.41) is 8.82. The summed E-state index contributed by atoms with van der Waals surface area (Å²) in [6.07, 6.45) is 0. The van der Waals surface area contributed by atoms with Crippen LogP contribution >= 0.6 is 23.2 Å². The van der Waals surface area contributed by atoms with Gasteiger partial charge in [-0.25, -0.2) is 4.98 Å². The van der Waals surface area contributed by atoms with E-state index in [-0.39, 0.29) is 5.91 Å². The molecule has 6 nitrogen and oxygen atoms in total. The van der Waals surface area contributed by atoms with Crippen molar-refractivity contribution in [2.75, 3.05) is 5.32 Å². The molecule has 164 valence electrons. The van der Waals surface area contributed by atoms with Crippen LogP contribution in [0.1, 0.15) is 21.6 Å². The minimum absolute atomic E-state index is 0.259. The molecule has 0 spiro atoms. The van der Waals surface area contributed by atoms with Crippen LogP contribution in [0.3, 0.4) is 0 Å². The van der Waals surface area contributed by atoms with Crippen LogP contribution in [0.2, 0.25) is 10.0 Å². The number of anilines is 1. The maximum absolute atomic E-state index is 12.9. The fourth-order valence-electron chi connectivity index (χ4n) is 3.73. The Morgan fingerprint density at radius 2 is 1.73 bits per heavy atom. The first-order chi connectivity index (χ1) is 16.0. The van der Waals surface area contributed by atoms with Gasteiger partial charge in [-0.2, -0.15) is 9.78 Å². The molecule has 8 heteroatoms. The normalized spacial score (nSPS) is 11.1. The van der Waals surface area contributed by atoms with Crippen LogP contribution in [0, 0.1) is 6.92 Å². The summed E-state index contributed by atoms with van der Waals surface area (Å²) in [6, 6.07) is 24.1. The lowest BCUT2D eigenvalue weighted by Crippen LogP contribution is -2.17. The third-order valence-corrected chi connectivity index (χ3v) is 5.72. The Morgan fingerprint density at radius 3 is 2.52 bits per heavy atom. The first-order valence-electron chi connectivity index (χ1n) is 10.3. The lowest BCUT2D eigenvalue weighted by atomic mass is 10.2. The van der Waals surface area contributed by atoms with E-state index in [2.05, 4.69) is 15.0 Å². The van der Waals surface area contributed by atoms with Crippen LogP contribution in [0.5, 0.6) is 0 Å². The summed E-state index contributed by atoms with van der Waals surface area (Å²) in [5.41, 5.74) is 4.07. The van der Waals surface area contributed by atoms with Gasteiger partial charge in [0.1, 0.15) is 5.82 Å². The van der Waals surface area contributed by atoms with Crippen molar-refractivity contribution < 1.29 is 4.79 Å². The smallest absolute Gasteiger partial charge is 0.256 e. The molecule has 0 bridgehead atoms. The minimum Gasteiger partial charge on any atom is -0.306 e. The van der Waals surface area contributed by atoms with Gasteiger partial charge in [0.05, 0.1) is 23.3 Å². The number of carbonyl (C=O) groups is 1. The third-order valence-electron chi connectivity index (χ3n) is 5.23. The molecule has 1 amide bonds. The van der Waals surface area contributed by atoms with Crippen molar-refractivity contribution in [2.24, 2.45) is 0 Å². The van der Waals surface area contributed by atoms with Gasteiger partial charge in [-0.1, -0.05) is 47.5 Å². The summed E-state index contributed by atoms with van der Waals surface area (Å²) in [4.78, 5) is 17.7. The Bertz CT molecular complexity index is 1470. The molecule has 2 heterocycles. The van der Waals surface area contributed by atoms with E-state index in [1.165, 1.54) is 0 Å². The van der Waals surface area contributed by atoms with E-state index in [0.717, 1.165) is 22.3 Å². The van der Waals surface area contributed by atoms with Crippen LogP contribution in [0.15, 0.2) is 78.9 Å². The number of nitrogens with zero attached hydrogens (tertiary/aromatic N) is 4. The molecule has 3 aromatic carbocycles. The van der Waals surface area contributed by atoms with Crippen LogP contribution in [0.4, 0.5) is 5.82 Å². The van der Waals surface area contributed by atoms with Crippen molar-refractivity contribution in [2.45, 2.75) is 13.5 Å². The predicted molar refractivity (Wildman–Crippen MR) is 132 cm³/mol. The van der Waals surface area contributed by atoms with Crippen LogP contribution in [-0.4, -0.2) is 25.2 Å². The highest BCUT2D eigenvalue weighted by molar-refractivity contribution is 6.31. The summed E-state index contributed by atoms with van der Waals surface area (Å²) in [7, 11) is 0. The van der Waals surface area contributed by atoms with E-state index in [1.54, 1.807) is 28.9 Å². The number of fused-ring (bicyclic) bond motifs is 1. The van der Waals surface area contributed by atoms with Gasteiger partial charge in [-0.15, -0.1) is 0 Å². The molecule has 5 aromatic rings. The maximum Gasteiger partial charge on any atom is 0.256 e. The molecule has 0 saturated heterocycles. The number of nitrogens with one attached hydrogen (secondary N) is 1. The molecule has 0 saturated carbocycles. The zero-order valence-corrected chi connectivity index (χ0v) is 19.2. The molecule has 0 fully saturated rings. The number of amides is 1. The van der Waals surface area contributed by atoms with E-state index < -0.39 is 0 Å². The van der Waals surface area contributed by atoms with E-state index in [9.17, 15) is 4.79 Å². The zero-order valence-electron chi connectivity index (χ0n) is 17.7. The highest BCUT2D eigenvalue weighted by Crippen LogP contribution is 2.25. The molecule has 1 N–H and O–H groups in total. The van der Waals surface area contributed by atoms with Gasteiger partial charge in [-0.05, 0) is 61.0 Å². The van der Waals surface area contributed by atoms with Crippen molar-refractivity contribution in [3.8, 4) is 5.95 Å². The first kappa shape index (κ1) is 21.2. The van der Waals surface area contributed by atoms with Gasteiger partial charge < -0.3 is 9.88 Å². The average Bonchev–Trinajstić information content (AvgIpc) is 3.34. The second-order valence-electron chi connectivity index (χ2n) is 7.66. The monoisotopic (exact) mass is 475 g/mol. The summed E-state index contributed by atoms with van der Waals surface area (Å²) in [6.45, 7) is 2.41. The standard InChI is InChI=1S/C25H19Cl2N5O/c1-16-13-23(29-24(33)18-9-11-19(26)12-10-18)32(30-16)25-28-21-7-2-3-8-22(21)31(25)15-17-5-4-6-20(27)14-17/h2-14H,15H2,1H3,(H,29,33). The molecule has 0 radical (unpaired) electrons. The summed E-state index contributed by atoms with van der Waals surface area (Å²) >= 11 is 12.2. The fraction of sp³-hybridized carbons (Fsp3) is 0.0800. The van der Waals surface area contributed by atoms with Gasteiger partial charge in [0.2, 0.25) is 5.95 Å². The Morgan fingerprint density at radius 1 is 0.939 bits per heavy atom. The number of hydrogen-bond donors (Lipinski definition) is 1. The Hall–Kier alpha value is -3.61. The zero-order chi connectivity index (χ0) is 22.9. The molecular formula is C25H19Cl2N5O. The largest absolute Gasteiger partial charge is 0.306 e. The van der Waals surface area contributed by atoms with Gasteiger partial charge in [0.15, 0.2) is 0 Å². The number of rotatable bonds is 5. The van der Waals surface area contributed by atoms with E-state index in [0.29, 0.717) is 33.9 Å². The minimum atomic E-state index is -0.259. The number of aryl methyl sites for hydroxylation is 1. The summed E-state index contributed by atoms with van der Waals surface area (Å²) in [5.74, 6) is 0.858. The van der Waals surface area contributed by atoms with Crippen LogP contribution in [-0.2, 0) is 6.54 Å².